The van der Waals surface area contributed by atoms with Gasteiger partial charge in [0.05, 0.1) is 6.61 Å². The molecule has 20 heavy (non-hydrogen) atoms. The summed E-state index contributed by atoms with van der Waals surface area (Å²) in [6, 6.07) is 7.24. The van der Waals surface area contributed by atoms with E-state index in [4.69, 9.17) is 21.4 Å². The van der Waals surface area contributed by atoms with Crippen LogP contribution in [0.5, 0.6) is 11.6 Å². The lowest BCUT2D eigenvalue weighted by Crippen LogP contribution is -2.01. The van der Waals surface area contributed by atoms with E-state index in [1.54, 1.807) is 6.07 Å². The number of hydrogen-bond donors (Lipinski definition) is 1. The Labute approximate surface area is 123 Å². The summed E-state index contributed by atoms with van der Waals surface area (Å²) in [5, 5.41) is 9.55. The molecule has 5 heteroatoms. The number of aryl methyl sites for hydroxylation is 1. The molecule has 106 valence electrons. The average molecular weight is 293 g/mol. The molecule has 1 N–H and O–H groups in total. The fourth-order valence-electron chi connectivity index (χ4n) is 1.77. The first-order chi connectivity index (χ1) is 9.63. The van der Waals surface area contributed by atoms with E-state index in [1.165, 1.54) is 0 Å². The highest BCUT2D eigenvalue weighted by atomic mass is 35.5. The quantitative estimate of drug-likeness (QED) is 0.854. The molecule has 0 aliphatic heterocycles. The van der Waals surface area contributed by atoms with Gasteiger partial charge in [-0.05, 0) is 31.0 Å². The second kappa shape index (κ2) is 6.68. The minimum Gasteiger partial charge on any atom is -0.439 e. The molecule has 0 unspecified atom stereocenters. The van der Waals surface area contributed by atoms with E-state index < -0.39 is 0 Å². The lowest BCUT2D eigenvalue weighted by molar-refractivity contribution is 0.281. The highest BCUT2D eigenvalue weighted by Crippen LogP contribution is 2.27. The van der Waals surface area contributed by atoms with E-state index in [0.717, 1.165) is 18.4 Å². The molecule has 0 saturated carbocycles. The number of aromatic nitrogens is 2. The van der Waals surface area contributed by atoms with Crippen LogP contribution >= 0.6 is 11.6 Å². The van der Waals surface area contributed by atoms with Crippen LogP contribution in [-0.4, -0.2) is 15.1 Å². The Kier molecular flexibility index (Phi) is 4.93. The first kappa shape index (κ1) is 14.8. The SMILES string of the molecule is CCCc1nc(Cl)c(C)c(Oc2cccc(CO)c2)n1. The number of hydrogen-bond acceptors (Lipinski definition) is 4. The second-order valence-electron chi connectivity index (χ2n) is 4.52. The lowest BCUT2D eigenvalue weighted by Gasteiger charge is -2.10. The summed E-state index contributed by atoms with van der Waals surface area (Å²) in [5.74, 6) is 1.76. The number of nitrogens with zero attached hydrogens (tertiary/aromatic N) is 2. The van der Waals surface area contributed by atoms with Crippen LogP contribution in [0.25, 0.3) is 0 Å². The van der Waals surface area contributed by atoms with Gasteiger partial charge in [0, 0.05) is 12.0 Å². The van der Waals surface area contributed by atoms with Crippen LogP contribution in [0.3, 0.4) is 0 Å². The van der Waals surface area contributed by atoms with E-state index in [9.17, 15) is 0 Å². The van der Waals surface area contributed by atoms with Crippen LogP contribution < -0.4 is 4.74 Å². The van der Waals surface area contributed by atoms with Gasteiger partial charge in [0.2, 0.25) is 5.88 Å². The van der Waals surface area contributed by atoms with Crippen LogP contribution in [0.4, 0.5) is 0 Å². The Morgan fingerprint density at radius 1 is 1.30 bits per heavy atom. The van der Waals surface area contributed by atoms with E-state index in [1.807, 2.05) is 25.1 Å². The monoisotopic (exact) mass is 292 g/mol. The summed E-state index contributed by atoms with van der Waals surface area (Å²) < 4.78 is 5.77. The van der Waals surface area contributed by atoms with Crippen molar-refractivity contribution in [2.45, 2.75) is 33.3 Å². The zero-order valence-electron chi connectivity index (χ0n) is 11.6. The predicted molar refractivity (Wildman–Crippen MR) is 78.2 cm³/mol. The van der Waals surface area contributed by atoms with Gasteiger partial charge in [-0.2, -0.15) is 4.98 Å². The smallest absolute Gasteiger partial charge is 0.226 e. The molecule has 1 aromatic carbocycles. The number of aliphatic hydroxyl groups excluding tert-OH is 1. The van der Waals surface area contributed by atoms with Crippen molar-refractivity contribution in [3.8, 4) is 11.6 Å². The molecule has 0 bridgehead atoms. The summed E-state index contributed by atoms with van der Waals surface area (Å²) in [6.07, 6.45) is 1.70. The molecule has 1 heterocycles. The normalized spacial score (nSPS) is 10.6. The summed E-state index contributed by atoms with van der Waals surface area (Å²) in [6.45, 7) is 3.85. The molecule has 2 rings (SSSR count). The van der Waals surface area contributed by atoms with Crippen molar-refractivity contribution < 1.29 is 9.84 Å². The minimum absolute atomic E-state index is 0.0260. The van der Waals surface area contributed by atoms with Gasteiger partial charge >= 0.3 is 0 Å². The fourth-order valence-corrected chi connectivity index (χ4v) is 1.94. The van der Waals surface area contributed by atoms with Crippen molar-refractivity contribution in [2.75, 3.05) is 0 Å². The number of rotatable bonds is 5. The molecule has 0 atom stereocenters. The summed E-state index contributed by atoms with van der Waals surface area (Å²) in [7, 11) is 0. The van der Waals surface area contributed by atoms with Gasteiger partial charge in [0.25, 0.3) is 0 Å². The van der Waals surface area contributed by atoms with Crippen molar-refractivity contribution in [3.05, 3.63) is 46.4 Å². The van der Waals surface area contributed by atoms with Crippen LogP contribution in [0, 0.1) is 6.92 Å². The molecular weight excluding hydrogens is 276 g/mol. The highest BCUT2D eigenvalue weighted by molar-refractivity contribution is 6.30. The van der Waals surface area contributed by atoms with Crippen LogP contribution in [0.15, 0.2) is 24.3 Å². The largest absolute Gasteiger partial charge is 0.439 e. The number of aliphatic hydroxyl groups is 1. The summed E-state index contributed by atoms with van der Waals surface area (Å²) in [4.78, 5) is 8.63. The molecule has 4 nitrogen and oxygen atoms in total. The second-order valence-corrected chi connectivity index (χ2v) is 4.88. The zero-order valence-corrected chi connectivity index (χ0v) is 12.3. The third-order valence-corrected chi connectivity index (χ3v) is 3.23. The molecule has 0 fully saturated rings. The Hall–Kier alpha value is -1.65. The van der Waals surface area contributed by atoms with Crippen molar-refractivity contribution in [3.63, 3.8) is 0 Å². The molecule has 2 aromatic rings. The van der Waals surface area contributed by atoms with Crippen molar-refractivity contribution in [2.24, 2.45) is 0 Å². The number of ether oxygens (including phenoxy) is 1. The van der Waals surface area contributed by atoms with Gasteiger partial charge in [-0.25, -0.2) is 4.98 Å². The van der Waals surface area contributed by atoms with E-state index in [0.29, 0.717) is 28.2 Å². The Bertz CT molecular complexity index is 602. The van der Waals surface area contributed by atoms with E-state index in [2.05, 4.69) is 16.9 Å². The van der Waals surface area contributed by atoms with Crippen molar-refractivity contribution >= 4 is 11.6 Å². The first-order valence-electron chi connectivity index (χ1n) is 6.54. The summed E-state index contributed by atoms with van der Waals surface area (Å²) in [5.41, 5.74) is 1.50. The van der Waals surface area contributed by atoms with Gasteiger partial charge in [0.1, 0.15) is 16.7 Å². The Balaban J connectivity index is 2.31. The van der Waals surface area contributed by atoms with Crippen LogP contribution in [0.2, 0.25) is 5.15 Å². The topological polar surface area (TPSA) is 55.2 Å². The molecule has 0 saturated heterocycles. The third-order valence-electron chi connectivity index (χ3n) is 2.86. The molecule has 0 aliphatic carbocycles. The Morgan fingerprint density at radius 3 is 2.80 bits per heavy atom. The van der Waals surface area contributed by atoms with Gasteiger partial charge in [-0.3, -0.25) is 0 Å². The van der Waals surface area contributed by atoms with Gasteiger partial charge in [-0.15, -0.1) is 0 Å². The molecule has 1 aromatic heterocycles. The maximum absolute atomic E-state index is 9.14. The molecule has 0 amide bonds. The molecular formula is C15H17ClN2O2. The van der Waals surface area contributed by atoms with Crippen molar-refractivity contribution in [1.82, 2.24) is 9.97 Å². The first-order valence-corrected chi connectivity index (χ1v) is 6.92. The van der Waals surface area contributed by atoms with Gasteiger partial charge < -0.3 is 9.84 Å². The molecule has 0 radical (unpaired) electrons. The van der Waals surface area contributed by atoms with Crippen molar-refractivity contribution in [1.29, 1.82) is 0 Å². The van der Waals surface area contributed by atoms with Gasteiger partial charge in [0.15, 0.2) is 0 Å². The average Bonchev–Trinajstić information content (AvgIpc) is 2.45. The third kappa shape index (κ3) is 3.46. The molecule has 0 spiro atoms. The number of halogens is 1. The summed E-state index contributed by atoms with van der Waals surface area (Å²) >= 11 is 6.11. The predicted octanol–water partition coefficient (Wildman–Crippen LogP) is 3.68. The van der Waals surface area contributed by atoms with E-state index >= 15 is 0 Å². The maximum atomic E-state index is 9.14. The zero-order chi connectivity index (χ0) is 14.5. The Morgan fingerprint density at radius 2 is 2.10 bits per heavy atom. The van der Waals surface area contributed by atoms with Crippen LogP contribution in [-0.2, 0) is 13.0 Å². The standard InChI is InChI=1S/C15H17ClN2O2/c1-3-5-13-17-14(16)10(2)15(18-13)20-12-7-4-6-11(8-12)9-19/h4,6-8,19H,3,5,9H2,1-2H3. The highest BCUT2D eigenvalue weighted by Gasteiger charge is 2.11. The lowest BCUT2D eigenvalue weighted by atomic mass is 10.2. The molecule has 0 aliphatic rings. The fraction of sp³-hybridized carbons (Fsp3) is 0.333. The number of benzene rings is 1. The maximum Gasteiger partial charge on any atom is 0.226 e. The van der Waals surface area contributed by atoms with Gasteiger partial charge in [-0.1, -0.05) is 30.7 Å². The minimum atomic E-state index is -0.0260. The van der Waals surface area contributed by atoms with Crippen LogP contribution in [0.1, 0.15) is 30.3 Å². The van der Waals surface area contributed by atoms with E-state index in [-0.39, 0.29) is 6.61 Å².